The van der Waals surface area contributed by atoms with Gasteiger partial charge in [0.15, 0.2) is 6.10 Å². The van der Waals surface area contributed by atoms with Gasteiger partial charge in [0.1, 0.15) is 6.61 Å². The van der Waals surface area contributed by atoms with Crippen molar-refractivity contribution >= 4 is 25.7 Å². The smallest absolute Gasteiger partial charge is 0.462 e. The molecule has 0 aliphatic heterocycles. The number of phosphoric ester groups is 1. The van der Waals surface area contributed by atoms with E-state index in [0.29, 0.717) is 58.7 Å². The van der Waals surface area contributed by atoms with E-state index in [4.69, 9.17) is 32.7 Å². The number of ether oxygens (including phenoxy) is 5. The first kappa shape index (κ1) is 62.9. The summed E-state index contributed by atoms with van der Waals surface area (Å²) in [5, 5.41) is 2.65. The number of allylic oxidation sites excluding steroid dienone is 4. The first-order valence-corrected chi connectivity index (χ1v) is 27.4. The minimum Gasteiger partial charge on any atom is -0.462 e. The Morgan fingerprint density at radius 1 is 0.508 bits per heavy atom. The van der Waals surface area contributed by atoms with E-state index >= 15 is 0 Å². The Labute approximate surface area is 396 Å². The second kappa shape index (κ2) is 49.8. The van der Waals surface area contributed by atoms with Crippen molar-refractivity contribution < 1.29 is 56.6 Å². The van der Waals surface area contributed by atoms with Crippen molar-refractivity contribution in [2.24, 2.45) is 0 Å². The van der Waals surface area contributed by atoms with Gasteiger partial charge in [-0.1, -0.05) is 141 Å². The molecule has 2 N–H and O–H groups in total. The molecule has 0 bridgehead atoms. The zero-order chi connectivity index (χ0) is 47.6. The SMILES string of the molecule is CCCCCCCC/C=C\CCCCCCCC(=O)OCC(COP(=O)(O)OCCNC(=O)CCCCOCCOCCOC)OC(=O)CCCCCCC/C=C\CCCCCCCC. The Morgan fingerprint density at radius 2 is 0.954 bits per heavy atom. The molecule has 0 radical (unpaired) electrons. The number of amides is 1. The number of esters is 2. The van der Waals surface area contributed by atoms with E-state index in [1.54, 1.807) is 7.11 Å². The van der Waals surface area contributed by atoms with E-state index in [9.17, 15) is 23.8 Å². The summed E-state index contributed by atoms with van der Waals surface area (Å²) in [5.74, 6) is -1.12. The van der Waals surface area contributed by atoms with Gasteiger partial charge in [0.05, 0.1) is 39.6 Å². The summed E-state index contributed by atoms with van der Waals surface area (Å²) in [6.07, 6.45) is 40.1. The van der Waals surface area contributed by atoms with Gasteiger partial charge in [-0.15, -0.1) is 0 Å². The summed E-state index contributed by atoms with van der Waals surface area (Å²) >= 11 is 0. The number of methoxy groups -OCH3 is 1. The summed E-state index contributed by atoms with van der Waals surface area (Å²) in [4.78, 5) is 47.9. The zero-order valence-corrected chi connectivity index (χ0v) is 42.5. The average molecular weight is 946 g/mol. The number of hydrogen-bond donors (Lipinski definition) is 2. The van der Waals surface area contributed by atoms with E-state index in [1.165, 1.54) is 83.5 Å². The lowest BCUT2D eigenvalue weighted by Gasteiger charge is -2.20. The van der Waals surface area contributed by atoms with E-state index < -0.39 is 32.5 Å². The lowest BCUT2D eigenvalue weighted by Crippen LogP contribution is -2.30. The van der Waals surface area contributed by atoms with Crippen molar-refractivity contribution in [1.82, 2.24) is 5.32 Å². The topological polar surface area (TPSA) is 165 Å². The lowest BCUT2D eigenvalue weighted by molar-refractivity contribution is -0.161. The van der Waals surface area contributed by atoms with Gasteiger partial charge in [-0.2, -0.15) is 0 Å². The second-order valence-electron chi connectivity index (χ2n) is 17.1. The first-order valence-electron chi connectivity index (χ1n) is 25.9. The standard InChI is InChI=1S/C51H96NO12P/c1-4-6-8-10-12-14-16-18-20-22-24-26-28-30-32-37-50(54)61-46-48(64-51(55)38-33-31-29-27-25-23-21-19-17-15-13-11-9-7-5-2)47-63-65(56,57)62-41-39-52-49(53)36-34-35-40-59-44-45-60-43-42-58-3/h18-21,48H,4-17,22-47H2,1-3H3,(H,52,53)(H,56,57)/b20-18-,21-19-. The van der Waals surface area contributed by atoms with E-state index in [0.717, 1.165) is 70.6 Å². The molecule has 65 heavy (non-hydrogen) atoms. The number of rotatable bonds is 51. The molecule has 14 heteroatoms. The van der Waals surface area contributed by atoms with Crippen LogP contribution in [0.4, 0.5) is 0 Å². The third kappa shape index (κ3) is 49.6. The van der Waals surface area contributed by atoms with Crippen molar-refractivity contribution in [1.29, 1.82) is 0 Å². The van der Waals surface area contributed by atoms with E-state index in [1.807, 2.05) is 0 Å². The summed E-state index contributed by atoms with van der Waals surface area (Å²) in [5.41, 5.74) is 0. The van der Waals surface area contributed by atoms with Crippen molar-refractivity contribution in [3.63, 3.8) is 0 Å². The van der Waals surface area contributed by atoms with Gasteiger partial charge in [0, 0.05) is 39.5 Å². The van der Waals surface area contributed by atoms with Gasteiger partial charge >= 0.3 is 19.8 Å². The largest absolute Gasteiger partial charge is 0.472 e. The molecular formula is C51H96NO12P. The lowest BCUT2D eigenvalue weighted by atomic mass is 10.1. The van der Waals surface area contributed by atoms with Crippen LogP contribution < -0.4 is 5.32 Å². The predicted molar refractivity (Wildman–Crippen MR) is 262 cm³/mol. The zero-order valence-electron chi connectivity index (χ0n) is 41.6. The van der Waals surface area contributed by atoms with Crippen LogP contribution >= 0.6 is 7.82 Å². The van der Waals surface area contributed by atoms with Crippen LogP contribution in [0.1, 0.15) is 213 Å². The maximum Gasteiger partial charge on any atom is 0.472 e. The minimum atomic E-state index is -4.57. The molecule has 0 fully saturated rings. The number of hydrogen-bond acceptors (Lipinski definition) is 11. The van der Waals surface area contributed by atoms with Crippen LogP contribution in [0.5, 0.6) is 0 Å². The Morgan fingerprint density at radius 3 is 1.48 bits per heavy atom. The predicted octanol–water partition coefficient (Wildman–Crippen LogP) is 12.6. The molecule has 13 nitrogen and oxygen atoms in total. The van der Waals surface area contributed by atoms with Crippen molar-refractivity contribution in [3.05, 3.63) is 24.3 Å². The Bertz CT molecular complexity index is 1190. The second-order valence-corrected chi connectivity index (χ2v) is 18.5. The van der Waals surface area contributed by atoms with E-state index in [-0.39, 0.29) is 44.9 Å². The Balaban J connectivity index is 4.55. The van der Waals surface area contributed by atoms with Crippen LogP contribution in [0, 0.1) is 0 Å². The molecule has 0 aliphatic carbocycles. The average Bonchev–Trinajstić information content (AvgIpc) is 3.29. The van der Waals surface area contributed by atoms with Crippen LogP contribution in [0.15, 0.2) is 24.3 Å². The van der Waals surface area contributed by atoms with Gasteiger partial charge in [0.25, 0.3) is 0 Å². The van der Waals surface area contributed by atoms with Crippen molar-refractivity contribution in [2.75, 3.05) is 66.5 Å². The molecule has 0 aromatic carbocycles. The van der Waals surface area contributed by atoms with E-state index in [2.05, 4.69) is 43.5 Å². The molecule has 0 aromatic rings. The van der Waals surface area contributed by atoms with Gasteiger partial charge < -0.3 is 33.9 Å². The summed E-state index contributed by atoms with van der Waals surface area (Å²) in [7, 11) is -2.95. The molecule has 2 unspecified atom stereocenters. The van der Waals surface area contributed by atoms with Gasteiger partial charge in [-0.3, -0.25) is 23.4 Å². The fourth-order valence-electron chi connectivity index (χ4n) is 6.91. The normalized spacial score (nSPS) is 13.1. The highest BCUT2D eigenvalue weighted by atomic mass is 31.2. The number of carbonyl (C=O) groups excluding carboxylic acids is 3. The van der Waals surface area contributed by atoms with Crippen LogP contribution in [0.3, 0.4) is 0 Å². The third-order valence-electron chi connectivity index (χ3n) is 10.9. The molecule has 1 amide bonds. The van der Waals surface area contributed by atoms with Crippen LogP contribution in [0.2, 0.25) is 0 Å². The Kier molecular flexibility index (Phi) is 48.2. The molecular weight excluding hydrogens is 850 g/mol. The van der Waals surface area contributed by atoms with Crippen molar-refractivity contribution in [3.8, 4) is 0 Å². The van der Waals surface area contributed by atoms with Gasteiger partial charge in [-0.25, -0.2) is 4.57 Å². The number of carbonyl (C=O) groups is 3. The highest BCUT2D eigenvalue weighted by Gasteiger charge is 2.26. The number of nitrogens with one attached hydrogen (secondary N) is 1. The molecule has 382 valence electrons. The molecule has 0 rings (SSSR count). The molecule has 0 saturated carbocycles. The number of unbranched alkanes of at least 4 members (excludes halogenated alkanes) is 23. The first-order chi connectivity index (χ1) is 31.7. The molecule has 0 saturated heterocycles. The highest BCUT2D eigenvalue weighted by molar-refractivity contribution is 7.47. The van der Waals surface area contributed by atoms with Crippen LogP contribution in [-0.4, -0.2) is 95.4 Å². The van der Waals surface area contributed by atoms with Gasteiger partial charge in [0.2, 0.25) is 5.91 Å². The molecule has 0 aromatic heterocycles. The molecule has 0 heterocycles. The molecule has 0 spiro atoms. The summed E-state index contributed by atoms with van der Waals surface area (Å²) < 4.78 is 49.6. The van der Waals surface area contributed by atoms with Crippen molar-refractivity contribution in [2.45, 2.75) is 219 Å². The fourth-order valence-corrected chi connectivity index (χ4v) is 7.66. The number of phosphoric acid groups is 1. The molecule has 0 aliphatic rings. The minimum absolute atomic E-state index is 0.00436. The maximum absolute atomic E-state index is 12.8. The van der Waals surface area contributed by atoms with Crippen LogP contribution in [-0.2, 0) is 51.7 Å². The summed E-state index contributed by atoms with van der Waals surface area (Å²) in [6, 6.07) is 0. The Hall–Kier alpha value is -2.12. The van der Waals surface area contributed by atoms with Crippen LogP contribution in [0.25, 0.3) is 0 Å². The maximum atomic E-state index is 12.8. The van der Waals surface area contributed by atoms with Gasteiger partial charge in [-0.05, 0) is 77.0 Å². The molecule has 2 atom stereocenters. The monoisotopic (exact) mass is 946 g/mol. The highest BCUT2D eigenvalue weighted by Crippen LogP contribution is 2.43. The third-order valence-corrected chi connectivity index (χ3v) is 11.8. The quantitative estimate of drug-likeness (QED) is 0.0257. The summed E-state index contributed by atoms with van der Waals surface area (Å²) in [6.45, 7) is 5.95. The fraction of sp³-hybridized carbons (Fsp3) is 0.863.